The molecule has 40 heavy (non-hydrogen) atoms. The van der Waals surface area contributed by atoms with Gasteiger partial charge in [0, 0.05) is 5.69 Å². The number of thiol groups is 1. The Morgan fingerprint density at radius 3 is 2.42 bits per heavy atom. The number of carbonyl (C=O) groups excluding carboxylic acids is 3. The molecule has 2 fully saturated rings. The van der Waals surface area contributed by atoms with E-state index in [1.807, 2.05) is 0 Å². The summed E-state index contributed by atoms with van der Waals surface area (Å²) in [5, 5.41) is 11.3. The standard InChI is InChI=1S/C26H25F4N5O4S/c1-24(2,3)39-20(36)13-33-21(37)16-6-5-14(10-18(16)27)35-23(40)34(22(38)25(35)7-4-8-25)15-9-17(26(28,29)30)19(11-31)32-12-15/h5-6,9-10,12,23,40H,4,7-8,13H2,1-3H3,(H,33,37). The van der Waals surface area contributed by atoms with E-state index in [2.05, 4.69) is 22.9 Å². The summed E-state index contributed by atoms with van der Waals surface area (Å²) in [5.74, 6) is -3.06. The van der Waals surface area contributed by atoms with Gasteiger partial charge >= 0.3 is 12.1 Å². The van der Waals surface area contributed by atoms with Gasteiger partial charge in [-0.3, -0.25) is 19.3 Å². The smallest absolute Gasteiger partial charge is 0.419 e. The zero-order valence-electron chi connectivity index (χ0n) is 21.7. The molecule has 1 atom stereocenters. The normalized spacial score (nSPS) is 18.4. The first-order valence-corrected chi connectivity index (χ1v) is 12.7. The number of alkyl halides is 3. The molecule has 212 valence electrons. The van der Waals surface area contributed by atoms with Crippen molar-refractivity contribution in [2.24, 2.45) is 0 Å². The number of hydrogen-bond donors (Lipinski definition) is 2. The van der Waals surface area contributed by atoms with Crippen molar-refractivity contribution in [2.75, 3.05) is 16.3 Å². The summed E-state index contributed by atoms with van der Waals surface area (Å²) in [6, 6.07) is 5.67. The molecule has 1 unspecified atom stereocenters. The van der Waals surface area contributed by atoms with E-state index in [0.717, 1.165) is 17.2 Å². The van der Waals surface area contributed by atoms with Crippen LogP contribution in [0.15, 0.2) is 30.5 Å². The number of hydrogen-bond acceptors (Lipinski definition) is 8. The molecule has 1 saturated carbocycles. The molecular formula is C26H25F4N5O4S. The van der Waals surface area contributed by atoms with Crippen LogP contribution >= 0.6 is 12.6 Å². The summed E-state index contributed by atoms with van der Waals surface area (Å²) >= 11 is 4.52. The van der Waals surface area contributed by atoms with E-state index in [9.17, 15) is 27.6 Å². The fraction of sp³-hybridized carbons (Fsp3) is 0.423. The van der Waals surface area contributed by atoms with Gasteiger partial charge in [0.1, 0.15) is 29.6 Å². The van der Waals surface area contributed by atoms with E-state index in [-0.39, 0.29) is 16.9 Å². The molecule has 1 N–H and O–H groups in total. The molecule has 0 radical (unpaired) electrons. The lowest BCUT2D eigenvalue weighted by Crippen LogP contribution is -2.55. The Labute approximate surface area is 232 Å². The number of aromatic nitrogens is 1. The highest BCUT2D eigenvalue weighted by atomic mass is 32.1. The van der Waals surface area contributed by atoms with Crippen molar-refractivity contribution < 1.29 is 36.7 Å². The van der Waals surface area contributed by atoms with Crippen LogP contribution in [-0.4, -0.2) is 46.0 Å². The molecule has 1 aromatic carbocycles. The summed E-state index contributed by atoms with van der Waals surface area (Å²) in [5.41, 5.74) is -5.64. The number of nitriles is 1. The average Bonchev–Trinajstić information content (AvgIpc) is 3.07. The van der Waals surface area contributed by atoms with Crippen LogP contribution in [0.25, 0.3) is 0 Å². The number of anilines is 2. The van der Waals surface area contributed by atoms with Crippen LogP contribution in [0.5, 0.6) is 0 Å². The van der Waals surface area contributed by atoms with Gasteiger partial charge in [-0.15, -0.1) is 12.6 Å². The summed E-state index contributed by atoms with van der Waals surface area (Å²) in [4.78, 5) is 44.1. The van der Waals surface area contributed by atoms with Gasteiger partial charge < -0.3 is 15.0 Å². The molecule has 9 nitrogen and oxygen atoms in total. The first-order chi connectivity index (χ1) is 18.6. The second-order valence-corrected chi connectivity index (χ2v) is 10.9. The zero-order valence-corrected chi connectivity index (χ0v) is 22.6. The number of nitrogens with zero attached hydrogens (tertiary/aromatic N) is 4. The Morgan fingerprint density at radius 1 is 1.23 bits per heavy atom. The number of esters is 1. The van der Waals surface area contributed by atoms with Gasteiger partial charge in [-0.1, -0.05) is 0 Å². The largest absolute Gasteiger partial charge is 0.459 e. The second-order valence-electron chi connectivity index (χ2n) is 10.4. The van der Waals surface area contributed by atoms with Gasteiger partial charge in [0.05, 0.1) is 23.0 Å². The number of amides is 2. The van der Waals surface area contributed by atoms with Crippen LogP contribution in [-0.2, 0) is 20.5 Å². The van der Waals surface area contributed by atoms with E-state index in [1.165, 1.54) is 23.1 Å². The first kappa shape index (κ1) is 29.1. The van der Waals surface area contributed by atoms with Crippen LogP contribution < -0.4 is 15.1 Å². The Hall–Kier alpha value is -3.86. The highest BCUT2D eigenvalue weighted by molar-refractivity contribution is 7.81. The van der Waals surface area contributed by atoms with Gasteiger partial charge in [0.2, 0.25) is 0 Å². The maximum absolute atomic E-state index is 15.1. The van der Waals surface area contributed by atoms with Crippen molar-refractivity contribution >= 4 is 41.8 Å². The van der Waals surface area contributed by atoms with Crippen LogP contribution in [0.4, 0.5) is 28.9 Å². The number of ether oxygens (including phenoxy) is 1. The predicted molar refractivity (Wildman–Crippen MR) is 138 cm³/mol. The van der Waals surface area contributed by atoms with Crippen LogP contribution in [0.3, 0.4) is 0 Å². The summed E-state index contributed by atoms with van der Waals surface area (Å²) < 4.78 is 60.9. The third kappa shape index (κ3) is 5.30. The molecule has 4 rings (SSSR count). The SMILES string of the molecule is CC(C)(C)OC(=O)CNC(=O)c1ccc(N2C(S)N(c3cnc(C#N)c(C(F)(F)F)c3)C(=O)C23CCC3)cc1F. The van der Waals surface area contributed by atoms with Crippen LogP contribution in [0.2, 0.25) is 0 Å². The van der Waals surface area contributed by atoms with Gasteiger partial charge in [-0.2, -0.15) is 18.4 Å². The lowest BCUT2D eigenvalue weighted by atomic mass is 9.75. The highest BCUT2D eigenvalue weighted by Gasteiger charge is 2.60. The van der Waals surface area contributed by atoms with E-state index in [0.29, 0.717) is 25.3 Å². The molecule has 1 aliphatic carbocycles. The lowest BCUT2D eigenvalue weighted by Gasteiger charge is -2.44. The number of carbonyl (C=O) groups is 3. The third-order valence-corrected chi connectivity index (χ3v) is 7.03. The molecule has 2 amide bonds. The fourth-order valence-corrected chi connectivity index (χ4v) is 5.31. The van der Waals surface area contributed by atoms with Crippen molar-refractivity contribution in [3.8, 4) is 6.07 Å². The van der Waals surface area contributed by atoms with Crippen molar-refractivity contribution in [3.05, 3.63) is 53.1 Å². The van der Waals surface area contributed by atoms with E-state index < -0.39 is 64.2 Å². The first-order valence-electron chi connectivity index (χ1n) is 12.2. The van der Waals surface area contributed by atoms with Crippen molar-refractivity contribution in [1.82, 2.24) is 10.3 Å². The van der Waals surface area contributed by atoms with Crippen molar-refractivity contribution in [1.29, 1.82) is 5.26 Å². The molecule has 2 aliphatic rings. The Balaban J connectivity index is 1.62. The predicted octanol–water partition coefficient (Wildman–Crippen LogP) is 4.17. The van der Waals surface area contributed by atoms with Gasteiger partial charge in [0.25, 0.3) is 11.8 Å². The van der Waals surface area contributed by atoms with E-state index in [1.54, 1.807) is 20.8 Å². The zero-order chi connectivity index (χ0) is 29.6. The molecule has 14 heteroatoms. The van der Waals surface area contributed by atoms with Crippen molar-refractivity contribution in [3.63, 3.8) is 0 Å². The maximum Gasteiger partial charge on any atom is 0.419 e. The second kappa shape index (κ2) is 10.3. The molecular weight excluding hydrogens is 554 g/mol. The third-order valence-electron chi connectivity index (χ3n) is 6.57. The van der Waals surface area contributed by atoms with Crippen LogP contribution in [0, 0.1) is 17.1 Å². The van der Waals surface area contributed by atoms with Crippen molar-refractivity contribution in [2.45, 2.75) is 62.8 Å². The summed E-state index contributed by atoms with van der Waals surface area (Å²) in [6.45, 7) is 4.50. The number of halogens is 4. The number of benzene rings is 1. The minimum atomic E-state index is -4.89. The minimum absolute atomic E-state index is 0.175. The Bertz CT molecular complexity index is 1420. The Morgan fingerprint density at radius 2 is 1.90 bits per heavy atom. The van der Waals surface area contributed by atoms with E-state index in [4.69, 9.17) is 10.00 Å². The quantitative estimate of drug-likeness (QED) is 0.310. The van der Waals surface area contributed by atoms with Gasteiger partial charge in [-0.25, -0.2) is 9.37 Å². The highest BCUT2D eigenvalue weighted by Crippen LogP contribution is 2.50. The molecule has 1 saturated heterocycles. The maximum atomic E-state index is 15.1. The summed E-state index contributed by atoms with van der Waals surface area (Å²) in [6.07, 6.45) is -2.57. The molecule has 0 bridgehead atoms. The molecule has 1 aromatic heterocycles. The molecule has 2 aromatic rings. The monoisotopic (exact) mass is 579 g/mol. The topological polar surface area (TPSA) is 116 Å². The molecule has 1 spiro atoms. The number of pyridine rings is 1. The fourth-order valence-electron chi connectivity index (χ4n) is 4.72. The minimum Gasteiger partial charge on any atom is -0.459 e. The van der Waals surface area contributed by atoms with Gasteiger partial charge in [-0.05, 0) is 64.3 Å². The van der Waals surface area contributed by atoms with E-state index >= 15 is 4.39 Å². The Kier molecular flexibility index (Phi) is 7.48. The lowest BCUT2D eigenvalue weighted by molar-refractivity contribution is -0.153. The average molecular weight is 580 g/mol. The molecule has 1 aliphatic heterocycles. The van der Waals surface area contributed by atoms with Gasteiger partial charge in [0.15, 0.2) is 11.2 Å². The summed E-state index contributed by atoms with van der Waals surface area (Å²) in [7, 11) is 0. The number of nitrogens with one attached hydrogen (secondary N) is 1. The molecule has 2 heterocycles. The number of rotatable bonds is 5. The van der Waals surface area contributed by atoms with Crippen LogP contribution in [0.1, 0.15) is 61.6 Å².